The highest BCUT2D eigenvalue weighted by Gasteiger charge is 2.10. The highest BCUT2D eigenvalue weighted by molar-refractivity contribution is 7.15. The van der Waals surface area contributed by atoms with Gasteiger partial charge >= 0.3 is 5.76 Å². The molecule has 18 heavy (non-hydrogen) atoms. The number of rotatable bonds is 2. The molecule has 0 saturated heterocycles. The van der Waals surface area contributed by atoms with E-state index in [4.69, 9.17) is 9.52 Å². The molecule has 3 rings (SSSR count). The number of aromatic amines is 1. The van der Waals surface area contributed by atoms with E-state index in [2.05, 4.69) is 9.97 Å². The molecule has 0 radical (unpaired) electrons. The number of oxazole rings is 1. The van der Waals surface area contributed by atoms with Crippen LogP contribution in [0.4, 0.5) is 0 Å². The lowest BCUT2D eigenvalue weighted by Gasteiger charge is -1.94. The number of aromatic nitrogens is 2. The summed E-state index contributed by atoms with van der Waals surface area (Å²) in [6, 6.07) is 5.40. The number of aliphatic hydroxyl groups excluding tert-OH is 1. The third-order valence-electron chi connectivity index (χ3n) is 2.70. The molecule has 2 heterocycles. The van der Waals surface area contributed by atoms with Gasteiger partial charge in [0.25, 0.3) is 0 Å². The van der Waals surface area contributed by atoms with E-state index in [9.17, 15) is 4.79 Å². The summed E-state index contributed by atoms with van der Waals surface area (Å²) in [5.74, 6) is -0.464. The van der Waals surface area contributed by atoms with Crippen molar-refractivity contribution in [3.05, 3.63) is 39.3 Å². The molecule has 0 aliphatic rings. The van der Waals surface area contributed by atoms with Crippen molar-refractivity contribution in [2.75, 3.05) is 0 Å². The number of nitrogens with zero attached hydrogens (tertiary/aromatic N) is 1. The van der Waals surface area contributed by atoms with Gasteiger partial charge in [0.15, 0.2) is 5.58 Å². The predicted molar refractivity (Wildman–Crippen MR) is 68.6 cm³/mol. The van der Waals surface area contributed by atoms with Gasteiger partial charge in [0, 0.05) is 5.56 Å². The van der Waals surface area contributed by atoms with Crippen LogP contribution >= 0.6 is 11.3 Å². The van der Waals surface area contributed by atoms with Crippen LogP contribution in [0.5, 0.6) is 0 Å². The Balaban J connectivity index is 2.15. The molecule has 0 saturated carbocycles. The first-order valence-corrected chi connectivity index (χ1v) is 6.19. The number of hydrogen-bond acceptors (Lipinski definition) is 5. The minimum atomic E-state index is -0.464. The normalized spacial score (nSPS) is 11.2. The number of hydrogen-bond donors (Lipinski definition) is 2. The molecular weight excluding hydrogens is 252 g/mol. The van der Waals surface area contributed by atoms with Crippen molar-refractivity contribution in [1.82, 2.24) is 9.97 Å². The summed E-state index contributed by atoms with van der Waals surface area (Å²) < 4.78 is 4.94. The quantitative estimate of drug-likeness (QED) is 0.740. The lowest BCUT2D eigenvalue weighted by molar-refractivity contribution is 0.284. The van der Waals surface area contributed by atoms with E-state index in [0.29, 0.717) is 11.1 Å². The lowest BCUT2D eigenvalue weighted by Crippen LogP contribution is -1.92. The molecule has 92 valence electrons. The molecule has 0 fully saturated rings. The van der Waals surface area contributed by atoms with Crippen molar-refractivity contribution in [3.8, 4) is 10.6 Å². The van der Waals surface area contributed by atoms with Gasteiger partial charge in [-0.2, -0.15) is 0 Å². The van der Waals surface area contributed by atoms with E-state index in [-0.39, 0.29) is 6.61 Å². The van der Waals surface area contributed by atoms with E-state index in [1.165, 1.54) is 11.3 Å². The SMILES string of the molecule is Cc1nc(-c2ccc3oc(=O)[nH]c3c2)sc1CO. The molecule has 6 heteroatoms. The molecular formula is C12H10N2O3S. The lowest BCUT2D eigenvalue weighted by atomic mass is 10.2. The van der Waals surface area contributed by atoms with Crippen molar-refractivity contribution in [1.29, 1.82) is 0 Å². The number of benzene rings is 1. The summed E-state index contributed by atoms with van der Waals surface area (Å²) in [6.45, 7) is 1.86. The van der Waals surface area contributed by atoms with Crippen LogP contribution in [0.15, 0.2) is 27.4 Å². The standard InChI is InChI=1S/C12H10N2O3S/c1-6-10(5-15)18-11(13-6)7-2-3-9-8(4-7)14-12(16)17-9/h2-4,15H,5H2,1H3,(H,14,16). The molecule has 0 unspecified atom stereocenters. The van der Waals surface area contributed by atoms with Crippen molar-refractivity contribution < 1.29 is 9.52 Å². The monoisotopic (exact) mass is 262 g/mol. The molecule has 2 aromatic heterocycles. The molecule has 0 spiro atoms. The highest BCUT2D eigenvalue weighted by atomic mass is 32.1. The third-order valence-corrected chi connectivity index (χ3v) is 3.89. The second kappa shape index (κ2) is 4.08. The summed E-state index contributed by atoms with van der Waals surface area (Å²) in [7, 11) is 0. The second-order valence-electron chi connectivity index (χ2n) is 3.91. The summed E-state index contributed by atoms with van der Waals surface area (Å²) in [4.78, 5) is 18.9. The van der Waals surface area contributed by atoms with Crippen LogP contribution in [0.25, 0.3) is 21.7 Å². The van der Waals surface area contributed by atoms with Gasteiger partial charge in [-0.25, -0.2) is 9.78 Å². The number of fused-ring (bicyclic) bond motifs is 1. The van der Waals surface area contributed by atoms with Gasteiger partial charge in [0.1, 0.15) is 5.01 Å². The Hall–Kier alpha value is -1.92. The van der Waals surface area contributed by atoms with Gasteiger partial charge in [-0.1, -0.05) is 0 Å². The number of thiazole rings is 1. The first-order chi connectivity index (χ1) is 8.67. The van der Waals surface area contributed by atoms with E-state index >= 15 is 0 Å². The number of aryl methyl sites for hydroxylation is 1. The molecule has 3 aromatic rings. The Bertz CT molecular complexity index is 769. The average molecular weight is 262 g/mol. The van der Waals surface area contributed by atoms with Crippen molar-refractivity contribution >= 4 is 22.4 Å². The zero-order chi connectivity index (χ0) is 12.7. The predicted octanol–water partition coefficient (Wildman–Crippen LogP) is 2.05. The van der Waals surface area contributed by atoms with Crippen molar-refractivity contribution in [2.24, 2.45) is 0 Å². The molecule has 1 aromatic carbocycles. The Morgan fingerprint density at radius 1 is 1.50 bits per heavy atom. The van der Waals surface area contributed by atoms with Crippen LogP contribution in [0.3, 0.4) is 0 Å². The fourth-order valence-electron chi connectivity index (χ4n) is 1.78. The van der Waals surface area contributed by atoms with Crippen LogP contribution < -0.4 is 5.76 Å². The molecule has 0 aliphatic heterocycles. The van der Waals surface area contributed by atoms with E-state index in [1.54, 1.807) is 6.07 Å². The maximum Gasteiger partial charge on any atom is 0.417 e. The third kappa shape index (κ3) is 1.75. The zero-order valence-electron chi connectivity index (χ0n) is 9.56. The second-order valence-corrected chi connectivity index (χ2v) is 4.99. The smallest absolute Gasteiger partial charge is 0.408 e. The minimum absolute atomic E-state index is 0.00567. The maximum atomic E-state index is 11.1. The summed E-state index contributed by atoms with van der Waals surface area (Å²) in [5.41, 5.74) is 2.90. The summed E-state index contributed by atoms with van der Waals surface area (Å²) >= 11 is 1.44. The Labute approximate surface area is 106 Å². The Morgan fingerprint density at radius 2 is 2.33 bits per heavy atom. The van der Waals surface area contributed by atoms with Gasteiger partial charge in [-0.15, -0.1) is 11.3 Å². The fraction of sp³-hybridized carbons (Fsp3) is 0.167. The van der Waals surface area contributed by atoms with Crippen LogP contribution in [0, 0.1) is 6.92 Å². The maximum absolute atomic E-state index is 11.1. The summed E-state index contributed by atoms with van der Waals surface area (Å²) in [5, 5.41) is 9.98. The van der Waals surface area contributed by atoms with Gasteiger partial charge in [-0.3, -0.25) is 4.98 Å². The van der Waals surface area contributed by atoms with Gasteiger partial charge in [-0.05, 0) is 25.1 Å². The Kier molecular flexibility index (Phi) is 2.53. The largest absolute Gasteiger partial charge is 0.417 e. The van der Waals surface area contributed by atoms with Crippen molar-refractivity contribution in [2.45, 2.75) is 13.5 Å². The first kappa shape index (κ1) is 11.2. The van der Waals surface area contributed by atoms with Crippen LogP contribution in [-0.4, -0.2) is 15.1 Å². The van der Waals surface area contributed by atoms with E-state index in [1.807, 2.05) is 19.1 Å². The highest BCUT2D eigenvalue weighted by Crippen LogP contribution is 2.29. The van der Waals surface area contributed by atoms with Gasteiger partial charge in [0.05, 0.1) is 22.7 Å². The summed E-state index contributed by atoms with van der Waals surface area (Å²) in [6.07, 6.45) is 0. The first-order valence-electron chi connectivity index (χ1n) is 5.38. The van der Waals surface area contributed by atoms with Gasteiger partial charge < -0.3 is 9.52 Å². The van der Waals surface area contributed by atoms with Crippen molar-refractivity contribution in [3.63, 3.8) is 0 Å². The van der Waals surface area contributed by atoms with Gasteiger partial charge in [0.2, 0.25) is 0 Å². The van der Waals surface area contributed by atoms with Crippen LogP contribution in [0.1, 0.15) is 10.6 Å². The number of H-pyrrole nitrogens is 1. The molecule has 0 bridgehead atoms. The molecule has 5 nitrogen and oxygen atoms in total. The van der Waals surface area contributed by atoms with Crippen LogP contribution in [-0.2, 0) is 6.61 Å². The van der Waals surface area contributed by atoms with Crippen LogP contribution in [0.2, 0.25) is 0 Å². The molecule has 0 aliphatic carbocycles. The zero-order valence-corrected chi connectivity index (χ0v) is 10.4. The molecule has 0 atom stereocenters. The fourth-order valence-corrected chi connectivity index (χ4v) is 2.70. The molecule has 2 N–H and O–H groups in total. The van der Waals surface area contributed by atoms with E-state index < -0.39 is 5.76 Å². The number of aliphatic hydroxyl groups is 1. The topological polar surface area (TPSA) is 79.1 Å². The van der Waals surface area contributed by atoms with E-state index in [0.717, 1.165) is 21.1 Å². The Morgan fingerprint density at radius 3 is 3.06 bits per heavy atom. The molecule has 0 amide bonds. The average Bonchev–Trinajstić information content (AvgIpc) is 2.89. The minimum Gasteiger partial charge on any atom is -0.408 e. The number of nitrogens with one attached hydrogen (secondary N) is 1.